The highest BCUT2D eigenvalue weighted by Crippen LogP contribution is 2.16. The Morgan fingerprint density at radius 1 is 1.09 bits per heavy atom. The predicted octanol–water partition coefficient (Wildman–Crippen LogP) is 3.56. The summed E-state index contributed by atoms with van der Waals surface area (Å²) in [6.07, 6.45) is 3.60. The summed E-state index contributed by atoms with van der Waals surface area (Å²) >= 11 is 0. The number of pyridine rings is 1. The maximum absolute atomic E-state index is 12.0. The maximum Gasteiger partial charge on any atom is 0.251 e. The number of amides is 1. The maximum atomic E-state index is 12.0. The molecule has 1 aromatic heterocycles. The van der Waals surface area contributed by atoms with Crippen LogP contribution in [-0.2, 0) is 0 Å². The second kappa shape index (κ2) is 8.08. The van der Waals surface area contributed by atoms with Crippen molar-refractivity contribution >= 4 is 23.2 Å². The van der Waals surface area contributed by atoms with Gasteiger partial charge >= 0.3 is 0 Å². The third-order valence-corrected chi connectivity index (χ3v) is 3.40. The molecular formula is C18H21N3O2. The third kappa shape index (κ3) is 4.92. The van der Waals surface area contributed by atoms with Gasteiger partial charge in [-0.2, -0.15) is 0 Å². The fourth-order valence-corrected chi connectivity index (χ4v) is 2.06. The highest BCUT2D eigenvalue weighted by Gasteiger charge is 2.06. The Morgan fingerprint density at radius 2 is 1.83 bits per heavy atom. The summed E-state index contributed by atoms with van der Waals surface area (Å²) in [5, 5.41) is 6.01. The van der Waals surface area contributed by atoms with Crippen LogP contribution in [0, 0.1) is 0 Å². The summed E-state index contributed by atoms with van der Waals surface area (Å²) in [6, 6.07) is 10.5. The topological polar surface area (TPSA) is 71.1 Å². The summed E-state index contributed by atoms with van der Waals surface area (Å²) < 4.78 is 0. The van der Waals surface area contributed by atoms with E-state index >= 15 is 0 Å². The van der Waals surface area contributed by atoms with Gasteiger partial charge < -0.3 is 10.6 Å². The number of carbonyl (C=O) groups is 2. The predicted molar refractivity (Wildman–Crippen MR) is 91.2 cm³/mol. The Morgan fingerprint density at radius 3 is 2.48 bits per heavy atom. The molecule has 1 heterocycles. The van der Waals surface area contributed by atoms with Crippen LogP contribution in [0.5, 0.6) is 0 Å². The summed E-state index contributed by atoms with van der Waals surface area (Å²) in [4.78, 5) is 27.5. The molecule has 0 radical (unpaired) electrons. The van der Waals surface area contributed by atoms with Gasteiger partial charge in [-0.05, 0) is 49.7 Å². The standard InChI is InChI=1S/C18H21N3O2/c1-3-4-10-20-18(23)15-9-11-19-17(12-15)21-16-7-5-14(6-8-16)13(2)22/h5-9,11-12H,3-4,10H2,1-2H3,(H,19,21)(H,20,23). The van der Waals surface area contributed by atoms with Gasteiger partial charge in [-0.3, -0.25) is 9.59 Å². The molecular weight excluding hydrogens is 290 g/mol. The molecule has 5 nitrogen and oxygen atoms in total. The number of nitrogens with one attached hydrogen (secondary N) is 2. The van der Waals surface area contributed by atoms with Crippen molar-refractivity contribution in [3.05, 3.63) is 53.7 Å². The molecule has 1 aromatic carbocycles. The van der Waals surface area contributed by atoms with Gasteiger partial charge in [0.15, 0.2) is 5.78 Å². The molecule has 2 rings (SSSR count). The van der Waals surface area contributed by atoms with Gasteiger partial charge in [-0.15, -0.1) is 0 Å². The molecule has 0 saturated heterocycles. The number of carbonyl (C=O) groups excluding carboxylic acids is 2. The van der Waals surface area contributed by atoms with Crippen LogP contribution < -0.4 is 10.6 Å². The monoisotopic (exact) mass is 311 g/mol. The summed E-state index contributed by atoms with van der Waals surface area (Å²) in [5.41, 5.74) is 2.04. The molecule has 0 fully saturated rings. The van der Waals surface area contributed by atoms with Crippen LogP contribution in [0.4, 0.5) is 11.5 Å². The van der Waals surface area contributed by atoms with E-state index in [1.54, 1.807) is 30.5 Å². The third-order valence-electron chi connectivity index (χ3n) is 3.40. The van der Waals surface area contributed by atoms with Crippen molar-refractivity contribution in [3.8, 4) is 0 Å². The fraction of sp³-hybridized carbons (Fsp3) is 0.278. The van der Waals surface area contributed by atoms with Crippen LogP contribution in [0.25, 0.3) is 0 Å². The number of anilines is 2. The number of rotatable bonds is 7. The lowest BCUT2D eigenvalue weighted by Gasteiger charge is -2.08. The van der Waals surface area contributed by atoms with Crippen LogP contribution in [0.15, 0.2) is 42.6 Å². The Labute approximate surface area is 136 Å². The van der Waals surface area contributed by atoms with Crippen molar-refractivity contribution in [1.82, 2.24) is 10.3 Å². The van der Waals surface area contributed by atoms with Crippen molar-refractivity contribution in [2.75, 3.05) is 11.9 Å². The smallest absolute Gasteiger partial charge is 0.251 e. The van der Waals surface area contributed by atoms with E-state index in [0.29, 0.717) is 23.5 Å². The van der Waals surface area contributed by atoms with Gasteiger partial charge in [-0.25, -0.2) is 4.98 Å². The van der Waals surface area contributed by atoms with Crippen LogP contribution >= 0.6 is 0 Å². The van der Waals surface area contributed by atoms with E-state index in [0.717, 1.165) is 18.5 Å². The van der Waals surface area contributed by atoms with E-state index in [1.807, 2.05) is 12.1 Å². The zero-order valence-corrected chi connectivity index (χ0v) is 13.4. The number of unbranched alkanes of at least 4 members (excludes halogenated alkanes) is 1. The first kappa shape index (κ1) is 16.7. The number of Topliss-reactive ketones (excluding diaryl/α,β-unsaturated/α-hetero) is 1. The number of benzene rings is 1. The van der Waals surface area contributed by atoms with Crippen molar-refractivity contribution in [1.29, 1.82) is 0 Å². The molecule has 0 aliphatic carbocycles. The molecule has 0 saturated carbocycles. The molecule has 0 spiro atoms. The number of aromatic nitrogens is 1. The van der Waals surface area contributed by atoms with Crippen LogP contribution in [0.2, 0.25) is 0 Å². The highest BCUT2D eigenvalue weighted by atomic mass is 16.1. The Hall–Kier alpha value is -2.69. The first-order valence-corrected chi connectivity index (χ1v) is 7.72. The summed E-state index contributed by atoms with van der Waals surface area (Å²) in [6.45, 7) is 4.29. The minimum atomic E-state index is -0.101. The molecule has 2 N–H and O–H groups in total. The van der Waals surface area contributed by atoms with Crippen LogP contribution in [-0.4, -0.2) is 23.2 Å². The van der Waals surface area contributed by atoms with Crippen molar-refractivity contribution in [2.24, 2.45) is 0 Å². The van der Waals surface area contributed by atoms with Gasteiger partial charge in [0.25, 0.3) is 5.91 Å². The molecule has 2 aromatic rings. The summed E-state index contributed by atoms with van der Waals surface area (Å²) in [5.74, 6) is 0.514. The van der Waals surface area contributed by atoms with E-state index in [-0.39, 0.29) is 11.7 Å². The normalized spacial score (nSPS) is 10.2. The molecule has 120 valence electrons. The average Bonchev–Trinajstić information content (AvgIpc) is 2.56. The van der Waals surface area contributed by atoms with Gasteiger partial charge in [0.05, 0.1) is 0 Å². The van der Waals surface area contributed by atoms with Crippen LogP contribution in [0.1, 0.15) is 47.4 Å². The van der Waals surface area contributed by atoms with E-state index < -0.39 is 0 Å². The fourth-order valence-electron chi connectivity index (χ4n) is 2.06. The van der Waals surface area contributed by atoms with Gasteiger partial charge in [0, 0.05) is 29.6 Å². The minimum Gasteiger partial charge on any atom is -0.352 e. The number of nitrogens with zero attached hydrogens (tertiary/aromatic N) is 1. The van der Waals surface area contributed by atoms with E-state index in [4.69, 9.17) is 0 Å². The quantitative estimate of drug-likeness (QED) is 0.606. The van der Waals surface area contributed by atoms with Crippen molar-refractivity contribution in [3.63, 3.8) is 0 Å². The summed E-state index contributed by atoms with van der Waals surface area (Å²) in [7, 11) is 0. The molecule has 0 bridgehead atoms. The highest BCUT2D eigenvalue weighted by molar-refractivity contribution is 5.95. The SMILES string of the molecule is CCCCNC(=O)c1ccnc(Nc2ccc(C(C)=O)cc2)c1. The minimum absolute atomic E-state index is 0.0282. The van der Waals surface area contributed by atoms with Crippen molar-refractivity contribution in [2.45, 2.75) is 26.7 Å². The zero-order valence-electron chi connectivity index (χ0n) is 13.4. The molecule has 0 atom stereocenters. The lowest BCUT2D eigenvalue weighted by molar-refractivity contribution is 0.0952. The van der Waals surface area contributed by atoms with Crippen LogP contribution in [0.3, 0.4) is 0 Å². The molecule has 1 amide bonds. The van der Waals surface area contributed by atoms with E-state index in [9.17, 15) is 9.59 Å². The number of ketones is 1. The number of hydrogen-bond acceptors (Lipinski definition) is 4. The van der Waals surface area contributed by atoms with Crippen molar-refractivity contribution < 1.29 is 9.59 Å². The average molecular weight is 311 g/mol. The Bertz CT molecular complexity index is 681. The molecule has 0 aliphatic rings. The second-order valence-corrected chi connectivity index (χ2v) is 5.30. The van der Waals surface area contributed by atoms with Gasteiger partial charge in [0.1, 0.15) is 5.82 Å². The second-order valence-electron chi connectivity index (χ2n) is 5.30. The number of hydrogen-bond donors (Lipinski definition) is 2. The molecule has 5 heteroatoms. The lowest BCUT2D eigenvalue weighted by Crippen LogP contribution is -2.24. The van der Waals surface area contributed by atoms with E-state index in [2.05, 4.69) is 22.5 Å². The van der Waals surface area contributed by atoms with Gasteiger partial charge in [-0.1, -0.05) is 13.3 Å². The molecule has 23 heavy (non-hydrogen) atoms. The van der Waals surface area contributed by atoms with E-state index in [1.165, 1.54) is 6.92 Å². The molecule has 0 unspecified atom stereocenters. The first-order chi connectivity index (χ1) is 11.1. The lowest BCUT2D eigenvalue weighted by atomic mass is 10.1. The first-order valence-electron chi connectivity index (χ1n) is 7.72. The zero-order chi connectivity index (χ0) is 16.7. The molecule has 0 aliphatic heterocycles. The largest absolute Gasteiger partial charge is 0.352 e. The Kier molecular flexibility index (Phi) is 5.86. The Balaban J connectivity index is 2.04. The van der Waals surface area contributed by atoms with Gasteiger partial charge in [0.2, 0.25) is 0 Å².